The monoisotopic (exact) mass is 216 g/mol. The molecule has 90 valence electrons. The highest BCUT2D eigenvalue weighted by Crippen LogP contribution is 2.31. The fraction of sp³-hybridized carbons (Fsp3) is 0.917. The zero-order valence-corrected chi connectivity index (χ0v) is 10.4. The Bertz CT molecular complexity index is 182. The number of rotatable bonds is 6. The van der Waals surface area contributed by atoms with Crippen LogP contribution in [-0.2, 0) is 9.68 Å². The van der Waals surface area contributed by atoms with Gasteiger partial charge in [-0.25, -0.2) is 4.79 Å². The predicted octanol–water partition coefficient (Wildman–Crippen LogP) is 3.64. The summed E-state index contributed by atoms with van der Waals surface area (Å²) in [5.41, 5.74) is -0.147. The van der Waals surface area contributed by atoms with Crippen molar-refractivity contribution in [3.63, 3.8) is 0 Å². The van der Waals surface area contributed by atoms with Gasteiger partial charge in [0, 0.05) is 0 Å². The average Bonchev–Trinajstić information content (AvgIpc) is 2.15. The molecule has 0 spiro atoms. The van der Waals surface area contributed by atoms with Crippen LogP contribution in [0.3, 0.4) is 0 Å². The predicted molar refractivity (Wildman–Crippen MR) is 60.4 cm³/mol. The Morgan fingerprint density at radius 3 is 2.27 bits per heavy atom. The highest BCUT2D eigenvalue weighted by Gasteiger charge is 2.32. The van der Waals surface area contributed by atoms with Crippen molar-refractivity contribution in [1.29, 1.82) is 0 Å². The van der Waals surface area contributed by atoms with Gasteiger partial charge in [0.1, 0.15) is 0 Å². The van der Waals surface area contributed by atoms with Crippen LogP contribution in [0.5, 0.6) is 0 Å². The van der Waals surface area contributed by atoms with Gasteiger partial charge in [-0.2, -0.15) is 5.26 Å². The summed E-state index contributed by atoms with van der Waals surface area (Å²) in [6.07, 6.45) is 5.34. The van der Waals surface area contributed by atoms with Crippen molar-refractivity contribution in [2.75, 3.05) is 0 Å². The summed E-state index contributed by atoms with van der Waals surface area (Å²) >= 11 is 0. The van der Waals surface area contributed by atoms with E-state index < -0.39 is 5.97 Å². The minimum Gasteiger partial charge on any atom is -0.301 e. The van der Waals surface area contributed by atoms with Crippen molar-refractivity contribution >= 4 is 5.97 Å². The average molecular weight is 216 g/mol. The molecule has 1 N–H and O–H groups in total. The molecule has 0 fully saturated rings. The molecular weight excluding hydrogens is 192 g/mol. The number of carbonyl (C=O) groups is 1. The van der Waals surface area contributed by atoms with Crippen LogP contribution in [0.15, 0.2) is 0 Å². The molecule has 0 saturated heterocycles. The molecule has 0 aromatic carbocycles. The van der Waals surface area contributed by atoms with Crippen LogP contribution in [-0.4, -0.2) is 11.2 Å². The molecule has 0 aromatic rings. The molecule has 0 saturated carbocycles. The van der Waals surface area contributed by atoms with Crippen LogP contribution in [0.4, 0.5) is 0 Å². The van der Waals surface area contributed by atoms with Crippen molar-refractivity contribution in [2.24, 2.45) is 11.3 Å². The Morgan fingerprint density at radius 2 is 1.87 bits per heavy atom. The van der Waals surface area contributed by atoms with Crippen LogP contribution in [0, 0.1) is 11.3 Å². The molecule has 0 aliphatic carbocycles. The van der Waals surface area contributed by atoms with E-state index in [0.717, 1.165) is 19.3 Å². The maximum atomic E-state index is 11.4. The molecule has 3 nitrogen and oxygen atoms in total. The molecule has 0 aliphatic heterocycles. The van der Waals surface area contributed by atoms with Gasteiger partial charge in [-0.05, 0) is 11.8 Å². The Hall–Kier alpha value is -0.570. The van der Waals surface area contributed by atoms with Crippen molar-refractivity contribution in [2.45, 2.75) is 59.8 Å². The zero-order valence-electron chi connectivity index (χ0n) is 10.4. The van der Waals surface area contributed by atoms with Crippen LogP contribution in [0.2, 0.25) is 0 Å². The number of hydrogen-bond donors (Lipinski definition) is 1. The van der Waals surface area contributed by atoms with E-state index in [0.29, 0.717) is 0 Å². The van der Waals surface area contributed by atoms with E-state index in [1.54, 1.807) is 0 Å². The lowest BCUT2D eigenvalue weighted by Gasteiger charge is -2.27. The van der Waals surface area contributed by atoms with Crippen LogP contribution < -0.4 is 0 Å². The molecule has 0 aromatic heterocycles. The smallest absolute Gasteiger partial charge is 0.301 e. The second-order valence-electron chi connectivity index (χ2n) is 5.18. The highest BCUT2D eigenvalue weighted by molar-refractivity contribution is 5.72. The quantitative estimate of drug-likeness (QED) is 0.419. The topological polar surface area (TPSA) is 46.5 Å². The summed E-state index contributed by atoms with van der Waals surface area (Å²) in [6, 6.07) is 0. The molecule has 0 radical (unpaired) electrons. The SMILES string of the molecule is CCCCCCC(C(=O)OO)C(C)(C)C. The summed E-state index contributed by atoms with van der Waals surface area (Å²) in [6.45, 7) is 8.14. The minimum absolute atomic E-state index is 0.147. The minimum atomic E-state index is -0.501. The molecule has 0 aliphatic rings. The van der Waals surface area contributed by atoms with Gasteiger partial charge in [-0.3, -0.25) is 0 Å². The third-order valence-corrected chi connectivity index (χ3v) is 2.77. The van der Waals surface area contributed by atoms with Crippen LogP contribution >= 0.6 is 0 Å². The zero-order chi connectivity index (χ0) is 11.9. The third-order valence-electron chi connectivity index (χ3n) is 2.77. The standard InChI is InChI=1S/C12H24O3/c1-5-6-7-8-9-10(11(13)15-14)12(2,3)4/h10,14H,5-9H2,1-4H3. The van der Waals surface area contributed by atoms with Gasteiger partial charge in [-0.15, -0.1) is 0 Å². The Morgan fingerprint density at radius 1 is 1.27 bits per heavy atom. The molecule has 1 unspecified atom stereocenters. The first-order valence-corrected chi connectivity index (χ1v) is 5.78. The van der Waals surface area contributed by atoms with E-state index in [1.165, 1.54) is 12.8 Å². The molecule has 1 atom stereocenters. The van der Waals surface area contributed by atoms with Crippen molar-refractivity contribution in [3.05, 3.63) is 0 Å². The second-order valence-corrected chi connectivity index (χ2v) is 5.18. The number of unbranched alkanes of at least 4 members (excludes halogenated alkanes) is 3. The lowest BCUT2D eigenvalue weighted by molar-refractivity contribution is -0.242. The van der Waals surface area contributed by atoms with Crippen molar-refractivity contribution in [1.82, 2.24) is 0 Å². The van der Waals surface area contributed by atoms with Gasteiger partial charge < -0.3 is 4.89 Å². The van der Waals surface area contributed by atoms with Crippen LogP contribution in [0.25, 0.3) is 0 Å². The number of hydrogen-bond acceptors (Lipinski definition) is 3. The van der Waals surface area contributed by atoms with Crippen molar-refractivity contribution in [3.8, 4) is 0 Å². The van der Waals surface area contributed by atoms with Gasteiger partial charge in [-0.1, -0.05) is 53.4 Å². The molecule has 0 heterocycles. The van der Waals surface area contributed by atoms with Gasteiger partial charge in [0.25, 0.3) is 0 Å². The first-order valence-electron chi connectivity index (χ1n) is 5.78. The molecule has 0 rings (SSSR count). The lowest BCUT2D eigenvalue weighted by atomic mass is 9.78. The third kappa shape index (κ3) is 5.78. The summed E-state index contributed by atoms with van der Waals surface area (Å²) in [4.78, 5) is 15.2. The van der Waals surface area contributed by atoms with Gasteiger partial charge in [0.05, 0.1) is 5.92 Å². The number of carbonyl (C=O) groups excluding carboxylic acids is 1. The fourth-order valence-electron chi connectivity index (χ4n) is 1.74. The van der Waals surface area contributed by atoms with Gasteiger partial charge in [0.15, 0.2) is 0 Å². The first-order chi connectivity index (χ1) is 6.93. The second kappa shape index (κ2) is 6.83. The summed E-state index contributed by atoms with van der Waals surface area (Å²) in [5, 5.41) is 8.42. The molecular formula is C12H24O3. The maximum Gasteiger partial charge on any atom is 0.345 e. The van der Waals surface area contributed by atoms with E-state index in [1.807, 2.05) is 20.8 Å². The Balaban J connectivity index is 4.09. The van der Waals surface area contributed by atoms with E-state index in [9.17, 15) is 4.79 Å². The maximum absolute atomic E-state index is 11.4. The van der Waals surface area contributed by atoms with E-state index in [4.69, 9.17) is 5.26 Å². The van der Waals surface area contributed by atoms with E-state index >= 15 is 0 Å². The summed E-state index contributed by atoms with van der Waals surface area (Å²) < 4.78 is 0. The fourth-order valence-corrected chi connectivity index (χ4v) is 1.74. The molecule has 0 bridgehead atoms. The highest BCUT2D eigenvalue weighted by atomic mass is 17.1. The van der Waals surface area contributed by atoms with E-state index in [2.05, 4.69) is 11.8 Å². The van der Waals surface area contributed by atoms with Gasteiger partial charge in [0.2, 0.25) is 0 Å². The Kier molecular flexibility index (Phi) is 6.57. The van der Waals surface area contributed by atoms with Crippen LogP contribution in [0.1, 0.15) is 59.8 Å². The molecule has 15 heavy (non-hydrogen) atoms. The summed E-state index contributed by atoms with van der Waals surface area (Å²) in [7, 11) is 0. The normalized spacial score (nSPS) is 13.7. The molecule has 3 heteroatoms. The largest absolute Gasteiger partial charge is 0.345 e. The Labute approximate surface area is 92.8 Å². The van der Waals surface area contributed by atoms with E-state index in [-0.39, 0.29) is 11.3 Å². The summed E-state index contributed by atoms with van der Waals surface area (Å²) in [5.74, 6) is -0.710. The molecule has 0 amide bonds. The van der Waals surface area contributed by atoms with Gasteiger partial charge >= 0.3 is 5.97 Å². The first kappa shape index (κ1) is 14.4. The van der Waals surface area contributed by atoms with Crippen molar-refractivity contribution < 1.29 is 14.9 Å². The lowest BCUT2D eigenvalue weighted by Crippen LogP contribution is -2.29.